The van der Waals surface area contributed by atoms with Gasteiger partial charge in [0.1, 0.15) is 0 Å². The number of hydrogen-bond donors (Lipinski definition) is 2. The average Bonchev–Trinajstić information content (AvgIpc) is 2.73. The predicted molar refractivity (Wildman–Crippen MR) is 76.8 cm³/mol. The van der Waals surface area contributed by atoms with Crippen molar-refractivity contribution in [1.82, 2.24) is 14.1 Å². The third kappa shape index (κ3) is 2.75. The minimum absolute atomic E-state index is 0.0212. The molecule has 2 heterocycles. The van der Waals surface area contributed by atoms with Gasteiger partial charge in [0, 0.05) is 17.1 Å². The highest BCUT2D eigenvalue weighted by Gasteiger charge is 2.30. The fourth-order valence-electron chi connectivity index (χ4n) is 2.14. The molecule has 3 N–H and O–H groups in total. The monoisotopic (exact) mass is 302 g/mol. The van der Waals surface area contributed by atoms with Crippen LogP contribution in [0.5, 0.6) is 0 Å². The predicted octanol–water partition coefficient (Wildman–Crippen LogP) is 1.84. The zero-order valence-electron chi connectivity index (χ0n) is 11.2. The molecule has 2 aromatic heterocycles. The third-order valence-electron chi connectivity index (χ3n) is 2.78. The van der Waals surface area contributed by atoms with Gasteiger partial charge in [-0.25, -0.2) is 18.1 Å². The highest BCUT2D eigenvalue weighted by molar-refractivity contribution is 7.89. The molecule has 2 aromatic rings. The third-order valence-corrected chi connectivity index (χ3v) is 5.28. The Morgan fingerprint density at radius 1 is 1.53 bits per heavy atom. The van der Waals surface area contributed by atoms with Gasteiger partial charge < -0.3 is 5.73 Å². The quantitative estimate of drug-likeness (QED) is 0.882. The molecule has 2 rings (SSSR count). The summed E-state index contributed by atoms with van der Waals surface area (Å²) < 4.78 is 29.1. The highest BCUT2D eigenvalue weighted by Crippen LogP contribution is 2.25. The van der Waals surface area contributed by atoms with Crippen LogP contribution in [0.3, 0.4) is 0 Å². The second-order valence-corrected chi connectivity index (χ2v) is 7.57. The Kier molecular flexibility index (Phi) is 3.59. The Morgan fingerprint density at radius 3 is 2.84 bits per heavy atom. The number of nitrogens with one attached hydrogen (secondary N) is 1. The summed E-state index contributed by atoms with van der Waals surface area (Å²) in [6.07, 6.45) is 3.30. The lowest BCUT2D eigenvalue weighted by atomic mass is 10.0. The van der Waals surface area contributed by atoms with Crippen molar-refractivity contribution in [1.29, 1.82) is 0 Å². The Labute approximate surface area is 116 Å². The molecule has 8 heteroatoms. The van der Waals surface area contributed by atoms with Crippen LogP contribution >= 0.6 is 11.3 Å². The molecule has 0 aliphatic carbocycles. The molecule has 0 saturated heterocycles. The SMILES string of the molecule is CCCC(C)(C)NS(=O)(=O)c1c(N)nc2sccn12. The van der Waals surface area contributed by atoms with Gasteiger partial charge in [0.2, 0.25) is 0 Å². The second-order valence-electron chi connectivity index (χ2n) is 5.10. The largest absolute Gasteiger partial charge is 0.381 e. The summed E-state index contributed by atoms with van der Waals surface area (Å²) in [7, 11) is -3.69. The molecule has 0 aromatic carbocycles. The smallest absolute Gasteiger partial charge is 0.260 e. The standard InChI is InChI=1S/C11H18N4O2S2/c1-4-5-11(2,3)14-19(16,17)9-8(12)13-10-15(9)6-7-18-10/h6-7,14H,4-5,12H2,1-3H3. The summed E-state index contributed by atoms with van der Waals surface area (Å²) >= 11 is 1.35. The number of nitrogens with zero attached hydrogens (tertiary/aromatic N) is 2. The van der Waals surface area contributed by atoms with Gasteiger partial charge in [-0.05, 0) is 20.3 Å². The molecule has 106 valence electrons. The minimum Gasteiger partial charge on any atom is -0.381 e. The Balaban J connectivity index is 2.45. The van der Waals surface area contributed by atoms with Crippen LogP contribution in [-0.4, -0.2) is 23.3 Å². The molecule has 0 amide bonds. The molecule has 19 heavy (non-hydrogen) atoms. The van der Waals surface area contributed by atoms with E-state index < -0.39 is 15.6 Å². The van der Waals surface area contributed by atoms with Crippen LogP contribution < -0.4 is 10.5 Å². The average molecular weight is 302 g/mol. The molecule has 0 bridgehead atoms. The molecule has 0 radical (unpaired) electrons. The van der Waals surface area contributed by atoms with Crippen LogP contribution in [0.25, 0.3) is 4.96 Å². The van der Waals surface area contributed by atoms with E-state index in [0.717, 1.165) is 12.8 Å². The topological polar surface area (TPSA) is 89.5 Å². The van der Waals surface area contributed by atoms with E-state index in [1.165, 1.54) is 15.7 Å². The maximum atomic E-state index is 12.5. The van der Waals surface area contributed by atoms with Gasteiger partial charge in [-0.15, -0.1) is 11.3 Å². The number of anilines is 1. The van der Waals surface area contributed by atoms with Gasteiger partial charge in [0.15, 0.2) is 15.8 Å². The first-order valence-corrected chi connectivity index (χ1v) is 8.38. The molecular weight excluding hydrogens is 284 g/mol. The van der Waals surface area contributed by atoms with Gasteiger partial charge >= 0.3 is 0 Å². The molecule has 0 fully saturated rings. The van der Waals surface area contributed by atoms with Crippen LogP contribution in [0.15, 0.2) is 16.6 Å². The van der Waals surface area contributed by atoms with Gasteiger partial charge in [-0.1, -0.05) is 13.3 Å². The summed E-state index contributed by atoms with van der Waals surface area (Å²) in [6.45, 7) is 5.73. The van der Waals surface area contributed by atoms with Gasteiger partial charge in [0.05, 0.1) is 0 Å². The first-order chi connectivity index (χ1) is 8.77. The van der Waals surface area contributed by atoms with Crippen LogP contribution in [0.4, 0.5) is 5.82 Å². The number of hydrogen-bond acceptors (Lipinski definition) is 5. The van der Waals surface area contributed by atoms with Crippen LogP contribution in [-0.2, 0) is 10.0 Å². The number of fused-ring (bicyclic) bond motifs is 1. The van der Waals surface area contributed by atoms with Crippen molar-refractivity contribution in [2.75, 3.05) is 5.73 Å². The van der Waals surface area contributed by atoms with E-state index in [1.54, 1.807) is 11.6 Å². The molecule has 0 aliphatic heterocycles. The molecule has 0 spiro atoms. The van der Waals surface area contributed by atoms with Crippen molar-refractivity contribution >= 4 is 32.1 Å². The van der Waals surface area contributed by atoms with Crippen molar-refractivity contribution in [2.24, 2.45) is 0 Å². The maximum Gasteiger partial charge on any atom is 0.260 e. The van der Waals surface area contributed by atoms with Crippen molar-refractivity contribution < 1.29 is 8.42 Å². The Morgan fingerprint density at radius 2 is 2.21 bits per heavy atom. The lowest BCUT2D eigenvalue weighted by Gasteiger charge is -2.25. The fourth-order valence-corrected chi connectivity index (χ4v) is 4.57. The lowest BCUT2D eigenvalue weighted by molar-refractivity contribution is 0.417. The summed E-state index contributed by atoms with van der Waals surface area (Å²) in [5, 5.41) is 1.80. The first-order valence-electron chi connectivity index (χ1n) is 6.02. The van der Waals surface area contributed by atoms with E-state index >= 15 is 0 Å². The second kappa shape index (κ2) is 4.77. The summed E-state index contributed by atoms with van der Waals surface area (Å²) in [6, 6.07) is 0. The molecule has 0 unspecified atom stereocenters. The van der Waals surface area contributed by atoms with E-state index in [9.17, 15) is 8.42 Å². The number of aromatic nitrogens is 2. The summed E-state index contributed by atoms with van der Waals surface area (Å²) in [4.78, 5) is 4.63. The van der Waals surface area contributed by atoms with E-state index in [-0.39, 0.29) is 10.8 Å². The number of thiazole rings is 1. The number of rotatable bonds is 5. The molecule has 6 nitrogen and oxygen atoms in total. The molecule has 0 atom stereocenters. The van der Waals surface area contributed by atoms with Gasteiger partial charge in [-0.3, -0.25) is 4.40 Å². The zero-order valence-corrected chi connectivity index (χ0v) is 12.8. The van der Waals surface area contributed by atoms with Crippen molar-refractivity contribution in [2.45, 2.75) is 44.2 Å². The highest BCUT2D eigenvalue weighted by atomic mass is 32.2. The zero-order chi connectivity index (χ0) is 14.3. The van der Waals surface area contributed by atoms with Crippen LogP contribution in [0.1, 0.15) is 33.6 Å². The minimum atomic E-state index is -3.69. The summed E-state index contributed by atoms with van der Waals surface area (Å²) in [5.74, 6) is 0.0339. The molecule has 0 saturated carbocycles. The van der Waals surface area contributed by atoms with E-state index in [2.05, 4.69) is 9.71 Å². The molecular formula is C11H18N4O2S2. The normalized spacial score (nSPS) is 13.2. The van der Waals surface area contributed by atoms with Crippen molar-refractivity contribution in [3.05, 3.63) is 11.6 Å². The number of imidazole rings is 1. The summed E-state index contributed by atoms with van der Waals surface area (Å²) in [5.41, 5.74) is 5.22. The van der Waals surface area contributed by atoms with Gasteiger partial charge in [0.25, 0.3) is 10.0 Å². The number of nitrogen functional groups attached to an aromatic ring is 1. The van der Waals surface area contributed by atoms with Crippen LogP contribution in [0, 0.1) is 0 Å². The van der Waals surface area contributed by atoms with E-state index in [0.29, 0.717) is 4.96 Å². The van der Waals surface area contributed by atoms with E-state index in [1.807, 2.05) is 20.8 Å². The van der Waals surface area contributed by atoms with Crippen LogP contribution in [0.2, 0.25) is 0 Å². The fraction of sp³-hybridized carbons (Fsp3) is 0.545. The number of sulfonamides is 1. The van der Waals surface area contributed by atoms with Crippen molar-refractivity contribution in [3.63, 3.8) is 0 Å². The maximum absolute atomic E-state index is 12.5. The first kappa shape index (κ1) is 14.3. The Hall–Kier alpha value is -1.12. The van der Waals surface area contributed by atoms with Gasteiger partial charge in [-0.2, -0.15) is 0 Å². The Bertz CT molecular complexity index is 685. The number of nitrogens with two attached hydrogens (primary N) is 1. The lowest BCUT2D eigenvalue weighted by Crippen LogP contribution is -2.43. The van der Waals surface area contributed by atoms with Crippen molar-refractivity contribution in [3.8, 4) is 0 Å². The van der Waals surface area contributed by atoms with E-state index in [4.69, 9.17) is 5.73 Å². The molecule has 0 aliphatic rings.